The summed E-state index contributed by atoms with van der Waals surface area (Å²) in [4.78, 5) is 77.5. The third kappa shape index (κ3) is 10.8. The van der Waals surface area contributed by atoms with Crippen LogP contribution in [0.5, 0.6) is 0 Å². The maximum absolute atomic E-state index is 13.5. The highest BCUT2D eigenvalue weighted by Gasteiger charge is 2.37. The lowest BCUT2D eigenvalue weighted by atomic mass is 9.82. The van der Waals surface area contributed by atoms with Gasteiger partial charge in [-0.05, 0) is 55.4 Å². The first-order chi connectivity index (χ1) is 22.7. The van der Waals surface area contributed by atoms with Crippen LogP contribution < -0.4 is 10.6 Å². The number of hydrogen-bond acceptors (Lipinski definition) is 6. The molecule has 48 heavy (non-hydrogen) atoms. The number of carboxylic acids is 1. The summed E-state index contributed by atoms with van der Waals surface area (Å²) < 4.78 is 0. The second-order valence-electron chi connectivity index (χ2n) is 13.1. The van der Waals surface area contributed by atoms with E-state index in [1.165, 1.54) is 20.8 Å². The van der Waals surface area contributed by atoms with Crippen LogP contribution >= 0.6 is 0 Å². The lowest BCUT2D eigenvalue weighted by Gasteiger charge is -2.27. The van der Waals surface area contributed by atoms with Crippen LogP contribution in [0.2, 0.25) is 0 Å². The van der Waals surface area contributed by atoms with Gasteiger partial charge in [-0.2, -0.15) is 0 Å². The van der Waals surface area contributed by atoms with Crippen molar-refractivity contribution in [2.45, 2.75) is 78.8 Å². The van der Waals surface area contributed by atoms with E-state index in [0.717, 1.165) is 22.3 Å². The fourth-order valence-electron chi connectivity index (χ4n) is 5.38. The Hall–Kier alpha value is -4.92. The molecule has 254 valence electrons. The van der Waals surface area contributed by atoms with Crippen LogP contribution in [0.4, 0.5) is 0 Å². The predicted octanol–water partition coefficient (Wildman–Crippen LogP) is 5.39. The Kier molecular flexibility index (Phi) is 13.5. The number of aliphatic carboxylic acids is 1. The summed E-state index contributed by atoms with van der Waals surface area (Å²) in [6.45, 7) is 7.77. The van der Waals surface area contributed by atoms with Crippen LogP contribution in [0.25, 0.3) is 11.1 Å². The normalized spacial score (nSPS) is 13.8. The van der Waals surface area contributed by atoms with Crippen molar-refractivity contribution in [3.05, 3.63) is 96.1 Å². The Morgan fingerprint density at radius 2 is 1.31 bits per heavy atom. The van der Waals surface area contributed by atoms with Gasteiger partial charge in [-0.25, -0.2) is 0 Å². The quantitative estimate of drug-likeness (QED) is 0.156. The largest absolute Gasteiger partial charge is 0.481 e. The first-order valence-electron chi connectivity index (χ1n) is 16.3. The van der Waals surface area contributed by atoms with Crippen LogP contribution in [-0.2, 0) is 41.6 Å². The molecule has 0 radical (unpaired) electrons. The molecule has 3 N–H and O–H groups in total. The van der Waals surface area contributed by atoms with Gasteiger partial charge in [-0.1, -0.05) is 105 Å². The highest BCUT2D eigenvalue weighted by Crippen LogP contribution is 2.24. The number of hydrogen-bond donors (Lipinski definition) is 3. The van der Waals surface area contributed by atoms with Gasteiger partial charge >= 0.3 is 5.97 Å². The Morgan fingerprint density at radius 1 is 0.750 bits per heavy atom. The fourth-order valence-corrected chi connectivity index (χ4v) is 5.38. The molecule has 0 saturated carbocycles. The number of benzene rings is 3. The molecule has 3 rings (SSSR count). The lowest BCUT2D eigenvalue weighted by molar-refractivity contribution is -0.150. The van der Waals surface area contributed by atoms with Gasteiger partial charge in [-0.15, -0.1) is 0 Å². The minimum atomic E-state index is -1.35. The van der Waals surface area contributed by atoms with Crippen LogP contribution in [0.3, 0.4) is 0 Å². The molecule has 4 atom stereocenters. The lowest BCUT2D eigenvalue weighted by Crippen LogP contribution is -2.53. The molecular formula is C39H46N2O7. The molecule has 4 unspecified atom stereocenters. The van der Waals surface area contributed by atoms with E-state index in [2.05, 4.69) is 10.6 Å². The number of amides is 2. The topological polar surface area (TPSA) is 147 Å². The number of nitrogens with one attached hydrogen (secondary N) is 2. The molecule has 0 aliphatic heterocycles. The van der Waals surface area contributed by atoms with Crippen molar-refractivity contribution in [3.63, 3.8) is 0 Å². The van der Waals surface area contributed by atoms with Crippen LogP contribution in [0.1, 0.15) is 65.0 Å². The molecule has 0 aromatic heterocycles. The Labute approximate surface area is 282 Å². The Morgan fingerprint density at radius 3 is 1.88 bits per heavy atom. The highest BCUT2D eigenvalue weighted by molar-refractivity contribution is 6.38. The van der Waals surface area contributed by atoms with E-state index in [9.17, 15) is 33.9 Å². The monoisotopic (exact) mass is 654 g/mol. The van der Waals surface area contributed by atoms with Gasteiger partial charge in [0.15, 0.2) is 5.78 Å². The van der Waals surface area contributed by atoms with Crippen molar-refractivity contribution in [1.29, 1.82) is 0 Å². The minimum Gasteiger partial charge on any atom is -0.481 e. The SMILES string of the molecule is CCC(C)C(NC(=O)C(=O)C(C)NC(=O)C(CC(=O)Cc1ccc(-c2ccccc2)cc1)Cc1ccccc1)C(=O)CC(C)(C)C(=O)O. The molecule has 0 fully saturated rings. The Bertz CT molecular complexity index is 1580. The van der Waals surface area contributed by atoms with Gasteiger partial charge in [0.25, 0.3) is 5.91 Å². The molecule has 9 nitrogen and oxygen atoms in total. The smallest absolute Gasteiger partial charge is 0.309 e. The van der Waals surface area contributed by atoms with Gasteiger partial charge in [0, 0.05) is 25.2 Å². The molecule has 0 saturated heterocycles. The number of carbonyl (C=O) groups excluding carboxylic acids is 5. The highest BCUT2D eigenvalue weighted by atomic mass is 16.4. The summed E-state index contributed by atoms with van der Waals surface area (Å²) >= 11 is 0. The van der Waals surface area contributed by atoms with E-state index >= 15 is 0 Å². The molecular weight excluding hydrogens is 608 g/mol. The molecule has 9 heteroatoms. The zero-order valence-corrected chi connectivity index (χ0v) is 28.3. The third-order valence-electron chi connectivity index (χ3n) is 8.65. The van der Waals surface area contributed by atoms with Crippen LogP contribution in [0.15, 0.2) is 84.9 Å². The van der Waals surface area contributed by atoms with Gasteiger partial charge in [-0.3, -0.25) is 28.8 Å². The standard InChI is InChI=1S/C39H46N2O7/c1-6-25(2)34(33(43)24-39(4,5)38(47)48)41-37(46)35(44)26(3)40-36(45)31(21-27-13-9-7-10-14-27)23-32(42)22-28-17-19-30(20-18-28)29-15-11-8-12-16-29/h7-20,25-26,31,34H,6,21-24H2,1-5H3,(H,40,45)(H,41,46)(H,47,48). The van der Waals surface area contributed by atoms with Crippen molar-refractivity contribution in [2.75, 3.05) is 0 Å². The van der Waals surface area contributed by atoms with Crippen molar-refractivity contribution < 1.29 is 33.9 Å². The first-order valence-corrected chi connectivity index (χ1v) is 16.3. The number of Topliss-reactive ketones (excluding diaryl/α,β-unsaturated/α-hetero) is 3. The number of carbonyl (C=O) groups is 6. The van der Waals surface area contributed by atoms with Crippen molar-refractivity contribution in [2.24, 2.45) is 17.3 Å². The molecule has 3 aromatic rings. The van der Waals surface area contributed by atoms with Crippen molar-refractivity contribution in [3.8, 4) is 11.1 Å². The number of ketones is 3. The second kappa shape index (κ2) is 17.3. The molecule has 0 aliphatic carbocycles. The molecule has 3 aromatic carbocycles. The summed E-state index contributed by atoms with van der Waals surface area (Å²) in [6.07, 6.45) is 0.483. The summed E-state index contributed by atoms with van der Waals surface area (Å²) in [5.41, 5.74) is 2.40. The summed E-state index contributed by atoms with van der Waals surface area (Å²) in [6, 6.07) is 24.5. The average Bonchev–Trinajstić information content (AvgIpc) is 3.06. The van der Waals surface area contributed by atoms with Gasteiger partial charge in [0.1, 0.15) is 5.78 Å². The fraction of sp³-hybridized carbons (Fsp3) is 0.385. The van der Waals surface area contributed by atoms with E-state index in [-0.39, 0.29) is 37.4 Å². The second-order valence-corrected chi connectivity index (χ2v) is 13.1. The van der Waals surface area contributed by atoms with E-state index in [4.69, 9.17) is 0 Å². The van der Waals surface area contributed by atoms with E-state index in [1.807, 2.05) is 91.9 Å². The zero-order chi connectivity index (χ0) is 35.4. The van der Waals surface area contributed by atoms with Gasteiger partial charge < -0.3 is 15.7 Å². The Balaban J connectivity index is 1.68. The molecule has 0 heterocycles. The van der Waals surface area contributed by atoms with Crippen LogP contribution in [0, 0.1) is 17.3 Å². The summed E-state index contributed by atoms with van der Waals surface area (Å²) in [7, 11) is 0. The first kappa shape index (κ1) is 37.5. The number of rotatable bonds is 18. The van der Waals surface area contributed by atoms with Gasteiger partial charge in [0.05, 0.1) is 17.5 Å². The van der Waals surface area contributed by atoms with Crippen LogP contribution in [-0.4, -0.2) is 52.3 Å². The zero-order valence-electron chi connectivity index (χ0n) is 28.3. The summed E-state index contributed by atoms with van der Waals surface area (Å²) in [5, 5.41) is 14.6. The molecule has 0 spiro atoms. The summed E-state index contributed by atoms with van der Waals surface area (Å²) in [5.74, 6) is -5.50. The van der Waals surface area contributed by atoms with Crippen molar-refractivity contribution >= 4 is 35.1 Å². The molecule has 0 aliphatic rings. The minimum absolute atomic E-state index is 0.0712. The average molecular weight is 655 g/mol. The predicted molar refractivity (Wildman–Crippen MR) is 184 cm³/mol. The maximum atomic E-state index is 13.5. The van der Waals surface area contributed by atoms with E-state index in [0.29, 0.717) is 6.42 Å². The maximum Gasteiger partial charge on any atom is 0.309 e. The van der Waals surface area contributed by atoms with Crippen molar-refractivity contribution in [1.82, 2.24) is 10.6 Å². The van der Waals surface area contributed by atoms with E-state index < -0.39 is 52.8 Å². The number of carboxylic acid groups (broad SMARTS) is 1. The third-order valence-corrected chi connectivity index (χ3v) is 8.65. The van der Waals surface area contributed by atoms with E-state index in [1.54, 1.807) is 6.92 Å². The molecule has 2 amide bonds. The molecule has 0 bridgehead atoms. The van der Waals surface area contributed by atoms with Gasteiger partial charge in [0.2, 0.25) is 11.7 Å².